The van der Waals surface area contributed by atoms with Crippen molar-refractivity contribution >= 4 is 38.8 Å². The Hall–Kier alpha value is -2.61. The number of thiazole rings is 1. The van der Waals surface area contributed by atoms with E-state index in [0.717, 1.165) is 25.7 Å². The van der Waals surface area contributed by atoms with Crippen molar-refractivity contribution in [2.24, 2.45) is 0 Å². The molecule has 0 saturated carbocycles. The number of halogens is 1. The summed E-state index contributed by atoms with van der Waals surface area (Å²) in [6.45, 7) is 2.29. The van der Waals surface area contributed by atoms with Crippen molar-refractivity contribution < 1.29 is 9.18 Å². The first-order valence-corrected chi connectivity index (χ1v) is 11.3. The van der Waals surface area contributed by atoms with E-state index in [1.54, 1.807) is 34.8 Å². The van der Waals surface area contributed by atoms with Gasteiger partial charge in [-0.2, -0.15) is 0 Å². The number of carbonyl (C=O) groups is 1. The number of likely N-dealkylation sites (N-methyl/N-ethyl adjacent to an activating group) is 1. The first kappa shape index (κ1) is 20.7. The third-order valence-electron chi connectivity index (χ3n) is 5.06. The molecule has 4 aromatic rings. The molecule has 0 saturated heterocycles. The first-order chi connectivity index (χ1) is 14.5. The molecule has 0 aliphatic rings. The SMILES string of the molecule is C[C@H](c1nc2ccccc2s1)N(C)CC(=O)N[C@@H](c1ccc(F)cc1)c1cccs1. The second-order valence-electron chi connectivity index (χ2n) is 7.18. The van der Waals surface area contributed by atoms with Crippen LogP contribution in [0.25, 0.3) is 10.2 Å². The molecule has 0 radical (unpaired) electrons. The number of para-hydroxylation sites is 1. The van der Waals surface area contributed by atoms with Crippen molar-refractivity contribution in [2.75, 3.05) is 13.6 Å². The fourth-order valence-corrected chi connectivity index (χ4v) is 5.14. The summed E-state index contributed by atoms with van der Waals surface area (Å²) < 4.78 is 14.5. The summed E-state index contributed by atoms with van der Waals surface area (Å²) in [4.78, 5) is 20.6. The van der Waals surface area contributed by atoms with Crippen LogP contribution in [-0.4, -0.2) is 29.4 Å². The maximum atomic E-state index is 13.4. The Morgan fingerprint density at radius 2 is 1.90 bits per heavy atom. The fraction of sp³-hybridized carbons (Fsp3) is 0.217. The number of amides is 1. The average Bonchev–Trinajstić information content (AvgIpc) is 3.42. The lowest BCUT2D eigenvalue weighted by molar-refractivity contribution is -0.122. The minimum absolute atomic E-state index is 0.0131. The molecule has 2 heterocycles. The predicted molar refractivity (Wildman–Crippen MR) is 121 cm³/mol. The fourth-order valence-electron chi connectivity index (χ4n) is 3.26. The van der Waals surface area contributed by atoms with E-state index in [1.165, 1.54) is 12.1 Å². The van der Waals surface area contributed by atoms with Gasteiger partial charge in [0.05, 0.1) is 28.8 Å². The van der Waals surface area contributed by atoms with Gasteiger partial charge in [0.2, 0.25) is 5.91 Å². The van der Waals surface area contributed by atoms with Crippen LogP contribution in [0.2, 0.25) is 0 Å². The highest BCUT2D eigenvalue weighted by Gasteiger charge is 2.22. The van der Waals surface area contributed by atoms with Gasteiger partial charge in [-0.25, -0.2) is 9.37 Å². The summed E-state index contributed by atoms with van der Waals surface area (Å²) in [7, 11) is 1.92. The smallest absolute Gasteiger partial charge is 0.234 e. The zero-order chi connectivity index (χ0) is 21.1. The summed E-state index contributed by atoms with van der Waals surface area (Å²) in [5.41, 5.74) is 1.84. The number of hydrogen-bond donors (Lipinski definition) is 1. The third kappa shape index (κ3) is 4.59. The van der Waals surface area contributed by atoms with E-state index >= 15 is 0 Å². The van der Waals surface area contributed by atoms with Gasteiger partial charge in [0, 0.05) is 4.88 Å². The lowest BCUT2D eigenvalue weighted by Crippen LogP contribution is -2.38. The van der Waals surface area contributed by atoms with Gasteiger partial charge in [-0.1, -0.05) is 30.3 Å². The molecule has 154 valence electrons. The van der Waals surface area contributed by atoms with Crippen LogP contribution in [0.3, 0.4) is 0 Å². The van der Waals surface area contributed by atoms with Crippen LogP contribution < -0.4 is 5.32 Å². The second kappa shape index (κ2) is 9.04. The Morgan fingerprint density at radius 3 is 2.60 bits per heavy atom. The molecule has 2 atom stereocenters. The molecular weight excluding hydrogens is 417 g/mol. The molecule has 1 N–H and O–H groups in total. The number of aromatic nitrogens is 1. The molecule has 2 aromatic carbocycles. The van der Waals surface area contributed by atoms with Crippen LogP contribution in [0, 0.1) is 5.82 Å². The molecular formula is C23H22FN3OS2. The van der Waals surface area contributed by atoms with Crippen molar-refractivity contribution in [1.29, 1.82) is 0 Å². The van der Waals surface area contributed by atoms with Gasteiger partial charge in [0.25, 0.3) is 0 Å². The Kier molecular flexibility index (Phi) is 6.22. The Bertz CT molecular complexity index is 1090. The van der Waals surface area contributed by atoms with E-state index in [4.69, 9.17) is 4.98 Å². The van der Waals surface area contributed by atoms with E-state index in [2.05, 4.69) is 18.3 Å². The highest BCUT2D eigenvalue weighted by atomic mass is 32.1. The lowest BCUT2D eigenvalue weighted by Gasteiger charge is -2.24. The maximum Gasteiger partial charge on any atom is 0.234 e. The van der Waals surface area contributed by atoms with Crippen molar-refractivity contribution in [1.82, 2.24) is 15.2 Å². The number of nitrogens with one attached hydrogen (secondary N) is 1. The van der Waals surface area contributed by atoms with Crippen molar-refractivity contribution in [3.63, 3.8) is 0 Å². The largest absolute Gasteiger partial charge is 0.343 e. The average molecular weight is 440 g/mol. The number of thiophene rings is 1. The number of carbonyl (C=O) groups excluding carboxylic acids is 1. The minimum Gasteiger partial charge on any atom is -0.343 e. The van der Waals surface area contributed by atoms with Crippen LogP contribution in [0.1, 0.15) is 34.5 Å². The summed E-state index contributed by atoms with van der Waals surface area (Å²) in [6, 6.07) is 18.0. The van der Waals surface area contributed by atoms with Crippen LogP contribution in [0.15, 0.2) is 66.0 Å². The van der Waals surface area contributed by atoms with E-state index in [0.29, 0.717) is 0 Å². The first-order valence-electron chi connectivity index (χ1n) is 9.65. The molecule has 0 spiro atoms. The topological polar surface area (TPSA) is 45.2 Å². The van der Waals surface area contributed by atoms with Crippen molar-refractivity contribution in [2.45, 2.75) is 19.0 Å². The molecule has 30 heavy (non-hydrogen) atoms. The standard InChI is InChI=1S/C23H22FN3OS2/c1-15(23-25-18-6-3-4-7-19(18)30-23)27(2)14-21(28)26-22(20-8-5-13-29-20)16-9-11-17(24)12-10-16/h3-13,15,22H,14H2,1-2H3,(H,26,28)/t15-,22+/m1/s1. The normalized spacial score (nSPS) is 13.5. The van der Waals surface area contributed by atoms with Gasteiger partial charge in [-0.3, -0.25) is 9.69 Å². The van der Waals surface area contributed by atoms with Crippen LogP contribution in [0.5, 0.6) is 0 Å². The quantitative estimate of drug-likeness (QED) is 0.420. The van der Waals surface area contributed by atoms with Crippen molar-refractivity contribution in [3.05, 3.63) is 87.3 Å². The number of fused-ring (bicyclic) bond motifs is 1. The van der Waals surface area contributed by atoms with Gasteiger partial charge in [0.15, 0.2) is 0 Å². The minimum atomic E-state index is -0.302. The lowest BCUT2D eigenvalue weighted by atomic mass is 10.1. The highest BCUT2D eigenvalue weighted by molar-refractivity contribution is 7.18. The predicted octanol–water partition coefficient (Wildman–Crippen LogP) is 5.40. The van der Waals surface area contributed by atoms with E-state index in [9.17, 15) is 9.18 Å². The molecule has 4 nitrogen and oxygen atoms in total. The van der Waals surface area contributed by atoms with Gasteiger partial charge in [-0.15, -0.1) is 22.7 Å². The zero-order valence-corrected chi connectivity index (χ0v) is 18.3. The molecule has 0 aliphatic carbocycles. The van der Waals surface area contributed by atoms with Gasteiger partial charge >= 0.3 is 0 Å². The van der Waals surface area contributed by atoms with Crippen LogP contribution in [-0.2, 0) is 4.79 Å². The van der Waals surface area contributed by atoms with E-state index in [1.807, 2.05) is 47.7 Å². The molecule has 0 unspecified atom stereocenters. The molecule has 0 fully saturated rings. The summed E-state index contributed by atoms with van der Waals surface area (Å²) in [5, 5.41) is 6.07. The Balaban J connectivity index is 1.46. The second-order valence-corrected chi connectivity index (χ2v) is 9.22. The molecule has 0 aliphatic heterocycles. The van der Waals surface area contributed by atoms with Gasteiger partial charge in [0.1, 0.15) is 10.8 Å². The molecule has 0 bridgehead atoms. The van der Waals surface area contributed by atoms with Crippen LogP contribution >= 0.6 is 22.7 Å². The van der Waals surface area contributed by atoms with Crippen molar-refractivity contribution in [3.8, 4) is 0 Å². The molecule has 7 heteroatoms. The summed E-state index contributed by atoms with van der Waals surface area (Å²) >= 11 is 3.22. The Labute approximate surface area is 183 Å². The monoisotopic (exact) mass is 439 g/mol. The maximum absolute atomic E-state index is 13.4. The van der Waals surface area contributed by atoms with Gasteiger partial charge in [-0.05, 0) is 55.2 Å². The third-order valence-corrected chi connectivity index (χ3v) is 7.20. The molecule has 2 aromatic heterocycles. The number of rotatable bonds is 7. The number of benzene rings is 2. The number of hydrogen-bond acceptors (Lipinski definition) is 5. The molecule has 1 amide bonds. The highest BCUT2D eigenvalue weighted by Crippen LogP contribution is 2.29. The van der Waals surface area contributed by atoms with E-state index in [-0.39, 0.29) is 30.4 Å². The van der Waals surface area contributed by atoms with Crippen LogP contribution in [0.4, 0.5) is 4.39 Å². The van der Waals surface area contributed by atoms with Gasteiger partial charge < -0.3 is 5.32 Å². The Morgan fingerprint density at radius 1 is 1.13 bits per heavy atom. The molecule has 4 rings (SSSR count). The number of nitrogens with zero attached hydrogens (tertiary/aromatic N) is 2. The summed E-state index contributed by atoms with van der Waals surface area (Å²) in [6.07, 6.45) is 0. The van der Waals surface area contributed by atoms with E-state index < -0.39 is 0 Å². The zero-order valence-electron chi connectivity index (χ0n) is 16.7. The summed E-state index contributed by atoms with van der Waals surface area (Å²) in [5.74, 6) is -0.382.